The number of aliphatic hydroxyl groups excluding tert-OH is 1. The summed E-state index contributed by atoms with van der Waals surface area (Å²) in [6.45, 7) is 4.58. The first-order chi connectivity index (χ1) is 10.8. The molecule has 0 radical (unpaired) electrons. The summed E-state index contributed by atoms with van der Waals surface area (Å²) >= 11 is 0. The minimum absolute atomic E-state index is 0.0837. The lowest BCUT2D eigenvalue weighted by Gasteiger charge is -2.57. The van der Waals surface area contributed by atoms with E-state index in [0.717, 1.165) is 32.1 Å². The smallest absolute Gasteiger partial charge is 0.130 e. The maximum absolute atomic E-state index is 11.0. The first-order valence-corrected chi connectivity index (χ1v) is 9.13. The fraction of sp³-hybridized carbons (Fsp3) is 0.714. The van der Waals surface area contributed by atoms with Crippen molar-refractivity contribution in [1.29, 1.82) is 0 Å². The number of rotatable bonds is 0. The van der Waals surface area contributed by atoms with Gasteiger partial charge in [0.25, 0.3) is 0 Å². The molecule has 0 aliphatic heterocycles. The molecule has 2 N–H and O–H groups in total. The van der Waals surface area contributed by atoms with Gasteiger partial charge in [0.05, 0.1) is 6.10 Å². The molecule has 3 fully saturated rings. The summed E-state index contributed by atoms with van der Waals surface area (Å²) in [5, 5.41) is 20.9. The SMILES string of the molecule is C#C[C@]1(O)CC[C@@H]2[C@@H]3CCC4=C[C@@H](O)C=C[C@]4(C)[C@@H]3CC[C@@]21C. The van der Waals surface area contributed by atoms with Gasteiger partial charge in [-0.1, -0.05) is 43.6 Å². The Morgan fingerprint density at radius 2 is 1.91 bits per heavy atom. The lowest BCUT2D eigenvalue weighted by molar-refractivity contribution is -0.0917. The predicted octanol–water partition coefficient (Wildman–Crippen LogP) is 3.45. The van der Waals surface area contributed by atoms with Crippen LogP contribution in [0, 0.1) is 40.9 Å². The normalized spacial score (nSPS) is 54.5. The van der Waals surface area contributed by atoms with Crippen LogP contribution in [0.15, 0.2) is 23.8 Å². The highest BCUT2D eigenvalue weighted by molar-refractivity contribution is 5.34. The van der Waals surface area contributed by atoms with Crippen molar-refractivity contribution in [2.24, 2.45) is 28.6 Å². The molecule has 0 spiro atoms. The van der Waals surface area contributed by atoms with Crippen molar-refractivity contribution in [3.05, 3.63) is 23.8 Å². The summed E-state index contributed by atoms with van der Waals surface area (Å²) in [5.74, 6) is 4.53. The van der Waals surface area contributed by atoms with Crippen LogP contribution in [-0.2, 0) is 0 Å². The van der Waals surface area contributed by atoms with E-state index >= 15 is 0 Å². The third kappa shape index (κ3) is 1.84. The van der Waals surface area contributed by atoms with E-state index in [1.165, 1.54) is 12.0 Å². The summed E-state index contributed by atoms with van der Waals surface area (Å²) in [6, 6.07) is 0. The minimum atomic E-state index is -0.918. The van der Waals surface area contributed by atoms with Crippen LogP contribution < -0.4 is 0 Å². The van der Waals surface area contributed by atoms with Crippen LogP contribution in [0.5, 0.6) is 0 Å². The Kier molecular flexibility index (Phi) is 3.19. The van der Waals surface area contributed by atoms with Crippen molar-refractivity contribution in [2.45, 2.75) is 64.1 Å². The topological polar surface area (TPSA) is 40.5 Å². The summed E-state index contributed by atoms with van der Waals surface area (Å²) in [6.07, 6.45) is 17.8. The molecule has 7 atom stereocenters. The van der Waals surface area contributed by atoms with Crippen LogP contribution in [0.3, 0.4) is 0 Å². The third-order valence-electron chi connectivity index (χ3n) is 8.05. The lowest BCUT2D eigenvalue weighted by Crippen LogP contribution is -2.54. The molecule has 0 aromatic rings. The maximum atomic E-state index is 11.0. The second kappa shape index (κ2) is 4.74. The molecule has 0 saturated heterocycles. The van der Waals surface area contributed by atoms with E-state index in [-0.39, 0.29) is 10.8 Å². The Morgan fingerprint density at radius 1 is 1.17 bits per heavy atom. The molecule has 2 nitrogen and oxygen atoms in total. The van der Waals surface area contributed by atoms with Gasteiger partial charge < -0.3 is 10.2 Å². The van der Waals surface area contributed by atoms with Gasteiger partial charge in [0.1, 0.15) is 5.60 Å². The van der Waals surface area contributed by atoms with Crippen LogP contribution in [0.2, 0.25) is 0 Å². The molecule has 0 aromatic heterocycles. The van der Waals surface area contributed by atoms with Gasteiger partial charge in [-0.05, 0) is 56.3 Å². The molecule has 0 bridgehead atoms. The van der Waals surface area contributed by atoms with E-state index < -0.39 is 11.7 Å². The molecule has 4 aliphatic carbocycles. The van der Waals surface area contributed by atoms with Crippen LogP contribution in [0.1, 0.15) is 52.4 Å². The quantitative estimate of drug-likeness (QED) is 0.531. The second-order valence-electron chi connectivity index (χ2n) is 8.74. The first-order valence-electron chi connectivity index (χ1n) is 9.13. The Hall–Kier alpha value is -1.04. The molecule has 124 valence electrons. The fourth-order valence-electron chi connectivity index (χ4n) is 6.57. The van der Waals surface area contributed by atoms with Crippen LogP contribution >= 0.6 is 0 Å². The molecule has 4 aliphatic rings. The van der Waals surface area contributed by atoms with Gasteiger partial charge >= 0.3 is 0 Å². The van der Waals surface area contributed by atoms with Crippen molar-refractivity contribution in [3.63, 3.8) is 0 Å². The van der Waals surface area contributed by atoms with E-state index in [4.69, 9.17) is 6.42 Å². The molecule has 0 aromatic carbocycles. The average molecular weight is 312 g/mol. The molecule has 0 amide bonds. The molecule has 0 heterocycles. The summed E-state index contributed by atoms with van der Waals surface area (Å²) in [4.78, 5) is 0. The van der Waals surface area contributed by atoms with Gasteiger partial charge in [-0.3, -0.25) is 0 Å². The Morgan fingerprint density at radius 3 is 2.65 bits per heavy atom. The average Bonchev–Trinajstić information content (AvgIpc) is 2.80. The Bertz CT molecular complexity index is 626. The molecule has 3 saturated carbocycles. The van der Waals surface area contributed by atoms with Gasteiger partial charge in [-0.2, -0.15) is 0 Å². The Balaban J connectivity index is 1.70. The number of aliphatic hydroxyl groups is 2. The molecule has 2 heteroatoms. The van der Waals surface area contributed by atoms with Gasteiger partial charge in [-0.15, -0.1) is 6.42 Å². The zero-order chi connectivity index (χ0) is 16.5. The van der Waals surface area contributed by atoms with E-state index in [2.05, 4.69) is 31.9 Å². The predicted molar refractivity (Wildman–Crippen MR) is 91.4 cm³/mol. The van der Waals surface area contributed by atoms with Gasteiger partial charge in [0, 0.05) is 10.8 Å². The molecular formula is C21H28O2. The molecular weight excluding hydrogens is 284 g/mol. The highest BCUT2D eigenvalue weighted by Gasteiger charge is 2.63. The van der Waals surface area contributed by atoms with Crippen molar-refractivity contribution in [2.75, 3.05) is 0 Å². The second-order valence-corrected chi connectivity index (χ2v) is 8.74. The van der Waals surface area contributed by atoms with E-state index in [0.29, 0.717) is 17.8 Å². The Labute approximate surface area is 139 Å². The van der Waals surface area contributed by atoms with Crippen LogP contribution in [-0.4, -0.2) is 21.9 Å². The minimum Gasteiger partial charge on any atom is -0.385 e. The highest BCUT2D eigenvalue weighted by atomic mass is 16.3. The molecule has 0 unspecified atom stereocenters. The number of allylic oxidation sites excluding steroid dienone is 2. The fourth-order valence-corrected chi connectivity index (χ4v) is 6.57. The number of hydrogen-bond acceptors (Lipinski definition) is 2. The van der Waals surface area contributed by atoms with Crippen molar-refractivity contribution < 1.29 is 10.2 Å². The number of fused-ring (bicyclic) bond motifs is 5. The van der Waals surface area contributed by atoms with E-state index in [1.54, 1.807) is 0 Å². The molecule has 4 rings (SSSR count). The summed E-state index contributed by atoms with van der Waals surface area (Å²) < 4.78 is 0. The van der Waals surface area contributed by atoms with Crippen molar-refractivity contribution >= 4 is 0 Å². The van der Waals surface area contributed by atoms with Crippen molar-refractivity contribution in [3.8, 4) is 12.3 Å². The number of hydrogen-bond donors (Lipinski definition) is 2. The maximum Gasteiger partial charge on any atom is 0.130 e. The van der Waals surface area contributed by atoms with E-state index in [9.17, 15) is 10.2 Å². The van der Waals surface area contributed by atoms with Crippen LogP contribution in [0.25, 0.3) is 0 Å². The van der Waals surface area contributed by atoms with Gasteiger partial charge in [-0.25, -0.2) is 0 Å². The largest absolute Gasteiger partial charge is 0.385 e. The lowest BCUT2D eigenvalue weighted by atomic mass is 9.47. The van der Waals surface area contributed by atoms with E-state index in [1.807, 2.05) is 6.08 Å². The first kappa shape index (κ1) is 15.5. The zero-order valence-electron chi connectivity index (χ0n) is 14.3. The monoisotopic (exact) mass is 312 g/mol. The standard InChI is InChI=1S/C21H28O2/c1-4-21(23)12-9-18-16-6-5-14-13-15(22)7-10-19(14,2)17(16)8-11-20(18,21)3/h1,7,10,13,15-18,22-23H,5-6,8-9,11-12H2,2-3H3/t15-,16+,17+,18+,19-,20-,21-/m0/s1. The molecule has 23 heavy (non-hydrogen) atoms. The van der Waals surface area contributed by atoms with Gasteiger partial charge in [0.2, 0.25) is 0 Å². The number of terminal acetylenes is 1. The summed E-state index contributed by atoms with van der Waals surface area (Å²) in [5.41, 5.74) is 0.458. The van der Waals surface area contributed by atoms with Crippen molar-refractivity contribution in [1.82, 2.24) is 0 Å². The highest BCUT2D eigenvalue weighted by Crippen LogP contribution is 2.66. The zero-order valence-corrected chi connectivity index (χ0v) is 14.3. The van der Waals surface area contributed by atoms with Crippen LogP contribution in [0.4, 0.5) is 0 Å². The third-order valence-corrected chi connectivity index (χ3v) is 8.05. The van der Waals surface area contributed by atoms with Gasteiger partial charge in [0.15, 0.2) is 0 Å². The summed E-state index contributed by atoms with van der Waals surface area (Å²) in [7, 11) is 0.